The van der Waals surface area contributed by atoms with Crippen molar-refractivity contribution in [3.05, 3.63) is 34.6 Å². The van der Waals surface area contributed by atoms with Gasteiger partial charge in [-0.05, 0) is 79.4 Å². The predicted octanol–water partition coefficient (Wildman–Crippen LogP) is 5.15. The zero-order chi connectivity index (χ0) is 17.2. The van der Waals surface area contributed by atoms with Gasteiger partial charge in [-0.15, -0.1) is 0 Å². The zero-order valence-electron chi connectivity index (χ0n) is 14.2. The van der Waals surface area contributed by atoms with Crippen molar-refractivity contribution < 1.29 is 4.79 Å². The Bertz CT molecular complexity index is 895. The SMILES string of the molecule is O=C(CCCCN1CCCCC1)c1ccc2c(c1)sc1nc(Br)cn12. The van der Waals surface area contributed by atoms with E-state index in [0.717, 1.165) is 44.7 Å². The van der Waals surface area contributed by atoms with E-state index in [2.05, 4.69) is 30.2 Å². The van der Waals surface area contributed by atoms with E-state index in [-0.39, 0.29) is 5.78 Å². The van der Waals surface area contributed by atoms with E-state index >= 15 is 0 Å². The van der Waals surface area contributed by atoms with E-state index in [9.17, 15) is 4.79 Å². The average molecular weight is 420 g/mol. The van der Waals surface area contributed by atoms with Crippen molar-refractivity contribution >= 4 is 48.2 Å². The Morgan fingerprint density at radius 2 is 2.04 bits per heavy atom. The molecule has 0 amide bonds. The number of ketones is 1. The first-order valence-corrected chi connectivity index (χ1v) is 10.6. The van der Waals surface area contributed by atoms with Gasteiger partial charge in [-0.1, -0.05) is 17.8 Å². The molecule has 132 valence electrons. The normalized spacial score (nSPS) is 16.0. The molecule has 1 fully saturated rings. The van der Waals surface area contributed by atoms with Gasteiger partial charge in [-0.2, -0.15) is 0 Å². The fraction of sp³-hybridized carbons (Fsp3) is 0.474. The summed E-state index contributed by atoms with van der Waals surface area (Å²) in [5, 5.41) is 0. The number of nitrogens with zero attached hydrogens (tertiary/aromatic N) is 3. The molecule has 6 heteroatoms. The van der Waals surface area contributed by atoms with Crippen LogP contribution >= 0.6 is 27.3 Å². The van der Waals surface area contributed by atoms with Crippen LogP contribution < -0.4 is 0 Å². The molecule has 3 heterocycles. The fourth-order valence-electron chi connectivity index (χ4n) is 3.60. The topological polar surface area (TPSA) is 37.6 Å². The Morgan fingerprint density at radius 3 is 2.88 bits per heavy atom. The van der Waals surface area contributed by atoms with Gasteiger partial charge in [-0.3, -0.25) is 9.20 Å². The summed E-state index contributed by atoms with van der Waals surface area (Å²) in [5.41, 5.74) is 1.94. The third-order valence-electron chi connectivity index (χ3n) is 4.96. The van der Waals surface area contributed by atoms with Crippen molar-refractivity contribution in [3.63, 3.8) is 0 Å². The number of piperidine rings is 1. The summed E-state index contributed by atoms with van der Waals surface area (Å²) in [7, 11) is 0. The number of likely N-dealkylation sites (tertiary alicyclic amines) is 1. The zero-order valence-corrected chi connectivity index (χ0v) is 16.6. The number of imidazole rings is 1. The second-order valence-electron chi connectivity index (χ2n) is 6.78. The quantitative estimate of drug-likeness (QED) is 0.409. The third kappa shape index (κ3) is 3.81. The van der Waals surface area contributed by atoms with Crippen LogP contribution in [0.25, 0.3) is 15.2 Å². The highest BCUT2D eigenvalue weighted by atomic mass is 79.9. The minimum absolute atomic E-state index is 0.257. The molecule has 0 saturated carbocycles. The van der Waals surface area contributed by atoms with Gasteiger partial charge < -0.3 is 4.90 Å². The van der Waals surface area contributed by atoms with Gasteiger partial charge in [0, 0.05) is 18.2 Å². The number of hydrogen-bond donors (Lipinski definition) is 0. The Hall–Kier alpha value is -1.24. The van der Waals surface area contributed by atoms with Crippen LogP contribution in [0, 0.1) is 0 Å². The second-order valence-corrected chi connectivity index (χ2v) is 8.60. The maximum atomic E-state index is 12.5. The average Bonchev–Trinajstić information content (AvgIpc) is 3.14. The lowest BCUT2D eigenvalue weighted by Crippen LogP contribution is -2.30. The smallest absolute Gasteiger partial charge is 0.195 e. The number of thiazole rings is 1. The van der Waals surface area contributed by atoms with Crippen LogP contribution in [0.1, 0.15) is 48.9 Å². The van der Waals surface area contributed by atoms with Gasteiger partial charge >= 0.3 is 0 Å². The monoisotopic (exact) mass is 419 g/mol. The summed E-state index contributed by atoms with van der Waals surface area (Å²) in [6.07, 6.45) is 8.76. The van der Waals surface area contributed by atoms with Crippen molar-refractivity contribution in [2.24, 2.45) is 0 Å². The van der Waals surface area contributed by atoms with Crippen molar-refractivity contribution in [2.45, 2.75) is 38.5 Å². The number of hydrogen-bond acceptors (Lipinski definition) is 4. The lowest BCUT2D eigenvalue weighted by Gasteiger charge is -2.26. The molecule has 25 heavy (non-hydrogen) atoms. The number of fused-ring (bicyclic) bond motifs is 3. The molecular formula is C19H22BrN3OS. The Labute approximate surface area is 160 Å². The molecule has 2 aromatic heterocycles. The predicted molar refractivity (Wildman–Crippen MR) is 107 cm³/mol. The molecule has 0 aliphatic carbocycles. The van der Waals surface area contributed by atoms with E-state index in [4.69, 9.17) is 0 Å². The van der Waals surface area contributed by atoms with E-state index < -0.39 is 0 Å². The summed E-state index contributed by atoms with van der Waals surface area (Å²) in [6, 6.07) is 6.01. The van der Waals surface area contributed by atoms with Crippen molar-refractivity contribution in [2.75, 3.05) is 19.6 Å². The lowest BCUT2D eigenvalue weighted by atomic mass is 10.0. The Kier molecular flexibility index (Phi) is 5.20. The molecule has 1 saturated heterocycles. The first-order chi connectivity index (χ1) is 12.2. The number of carbonyl (C=O) groups is 1. The summed E-state index contributed by atoms with van der Waals surface area (Å²) in [6.45, 7) is 3.62. The van der Waals surface area contributed by atoms with Crippen LogP contribution in [0.3, 0.4) is 0 Å². The number of Topliss-reactive ketones (excluding diaryl/α,β-unsaturated/α-hetero) is 1. The maximum absolute atomic E-state index is 12.5. The van der Waals surface area contributed by atoms with Crippen LogP contribution in [0.15, 0.2) is 29.0 Å². The van der Waals surface area contributed by atoms with E-state index in [1.54, 1.807) is 11.3 Å². The molecule has 0 spiro atoms. The van der Waals surface area contributed by atoms with E-state index in [1.165, 1.54) is 32.4 Å². The van der Waals surface area contributed by atoms with Crippen LogP contribution in [0.4, 0.5) is 0 Å². The van der Waals surface area contributed by atoms with Crippen LogP contribution in [0.2, 0.25) is 0 Å². The molecule has 1 aromatic carbocycles. The maximum Gasteiger partial charge on any atom is 0.195 e. The molecule has 0 radical (unpaired) electrons. The summed E-state index contributed by atoms with van der Waals surface area (Å²) in [4.78, 5) is 20.4. The van der Waals surface area contributed by atoms with Gasteiger partial charge in [0.05, 0.1) is 10.2 Å². The van der Waals surface area contributed by atoms with Crippen LogP contribution in [-0.2, 0) is 0 Å². The van der Waals surface area contributed by atoms with E-state index in [1.807, 2.05) is 24.4 Å². The van der Waals surface area contributed by atoms with Gasteiger partial charge in [0.15, 0.2) is 10.7 Å². The largest absolute Gasteiger partial charge is 0.303 e. The first kappa shape index (κ1) is 17.2. The molecule has 4 rings (SSSR count). The first-order valence-electron chi connectivity index (χ1n) is 9.03. The fourth-order valence-corrected chi connectivity index (χ4v) is 5.13. The van der Waals surface area contributed by atoms with Crippen molar-refractivity contribution in [3.8, 4) is 0 Å². The van der Waals surface area contributed by atoms with Gasteiger partial charge in [-0.25, -0.2) is 4.98 Å². The standard InChI is InChI=1S/C19H22BrN3OS/c20-18-13-23-15-8-7-14(12-17(15)25-19(23)21-18)16(24)6-2-5-11-22-9-3-1-4-10-22/h7-8,12-13H,1-6,9-11H2. The Morgan fingerprint density at radius 1 is 1.20 bits per heavy atom. The number of aromatic nitrogens is 2. The number of rotatable bonds is 6. The van der Waals surface area contributed by atoms with E-state index in [0.29, 0.717) is 6.42 Å². The summed E-state index contributed by atoms with van der Waals surface area (Å²) >= 11 is 5.03. The minimum Gasteiger partial charge on any atom is -0.303 e. The lowest BCUT2D eigenvalue weighted by molar-refractivity contribution is 0.0977. The molecule has 4 nitrogen and oxygen atoms in total. The van der Waals surface area contributed by atoms with Gasteiger partial charge in [0.2, 0.25) is 0 Å². The third-order valence-corrected chi connectivity index (χ3v) is 6.36. The molecule has 1 aliphatic heterocycles. The molecular weight excluding hydrogens is 398 g/mol. The second kappa shape index (κ2) is 7.56. The molecule has 0 unspecified atom stereocenters. The highest BCUT2D eigenvalue weighted by Gasteiger charge is 2.13. The van der Waals surface area contributed by atoms with Crippen molar-refractivity contribution in [1.29, 1.82) is 0 Å². The molecule has 0 bridgehead atoms. The van der Waals surface area contributed by atoms with Gasteiger partial charge in [0.1, 0.15) is 4.60 Å². The number of benzene rings is 1. The highest BCUT2D eigenvalue weighted by Crippen LogP contribution is 2.29. The van der Waals surface area contributed by atoms with Crippen LogP contribution in [0.5, 0.6) is 0 Å². The molecule has 0 atom stereocenters. The number of unbranched alkanes of at least 4 members (excludes halogenated alkanes) is 1. The van der Waals surface area contributed by atoms with Gasteiger partial charge in [0.25, 0.3) is 0 Å². The summed E-state index contributed by atoms with van der Waals surface area (Å²) < 4.78 is 4.03. The molecule has 1 aliphatic rings. The van der Waals surface area contributed by atoms with Crippen LogP contribution in [-0.4, -0.2) is 39.7 Å². The molecule has 3 aromatic rings. The highest BCUT2D eigenvalue weighted by molar-refractivity contribution is 9.10. The molecule has 0 N–H and O–H groups in total. The minimum atomic E-state index is 0.257. The number of carbonyl (C=O) groups excluding carboxylic acids is 1. The Balaban J connectivity index is 1.36. The van der Waals surface area contributed by atoms with Crippen molar-refractivity contribution in [1.82, 2.24) is 14.3 Å². The summed E-state index contributed by atoms with van der Waals surface area (Å²) in [5.74, 6) is 0.257. The number of halogens is 1.